The molecule has 3 heterocycles. The fraction of sp³-hybridized carbons (Fsp3) is 0.357. The number of anilines is 1. The van der Waals surface area contributed by atoms with Crippen molar-refractivity contribution in [2.75, 3.05) is 25.6 Å². The van der Waals surface area contributed by atoms with Crippen LogP contribution >= 0.6 is 11.3 Å². The molecule has 3 rings (SSSR count). The van der Waals surface area contributed by atoms with E-state index in [1.807, 2.05) is 17.5 Å². The number of aromatic nitrogens is 3. The van der Waals surface area contributed by atoms with E-state index in [-0.39, 0.29) is 18.6 Å². The molecule has 22 heavy (non-hydrogen) atoms. The molecule has 0 fully saturated rings. The highest BCUT2D eigenvalue weighted by molar-refractivity contribution is 7.10. The maximum absolute atomic E-state index is 12.5. The Labute approximate surface area is 131 Å². The molecule has 0 saturated heterocycles. The fourth-order valence-electron chi connectivity index (χ4n) is 2.43. The average Bonchev–Trinajstić information content (AvgIpc) is 3.17. The van der Waals surface area contributed by atoms with Crippen LogP contribution in [0, 0.1) is 0 Å². The number of methoxy groups -OCH3 is 1. The van der Waals surface area contributed by atoms with Crippen LogP contribution in [0.5, 0.6) is 0 Å². The molecule has 8 heteroatoms. The summed E-state index contributed by atoms with van der Waals surface area (Å²) < 4.78 is 12.1. The summed E-state index contributed by atoms with van der Waals surface area (Å²) in [5.41, 5.74) is 1.16. The van der Waals surface area contributed by atoms with Crippen LogP contribution in [0.3, 0.4) is 0 Å². The van der Waals surface area contributed by atoms with Gasteiger partial charge < -0.3 is 14.8 Å². The van der Waals surface area contributed by atoms with Gasteiger partial charge in [0.15, 0.2) is 0 Å². The van der Waals surface area contributed by atoms with Gasteiger partial charge in [-0.05, 0) is 18.4 Å². The lowest BCUT2D eigenvalue weighted by Gasteiger charge is -2.28. The highest BCUT2D eigenvalue weighted by atomic mass is 32.1. The molecule has 1 aliphatic heterocycles. The zero-order valence-corrected chi connectivity index (χ0v) is 13.1. The predicted octanol–water partition coefficient (Wildman–Crippen LogP) is 1.82. The third-order valence-electron chi connectivity index (χ3n) is 3.28. The number of thiophene rings is 1. The lowest BCUT2D eigenvalue weighted by atomic mass is 10.0. The van der Waals surface area contributed by atoms with E-state index in [2.05, 4.69) is 15.4 Å². The van der Waals surface area contributed by atoms with Crippen molar-refractivity contribution in [3.05, 3.63) is 40.0 Å². The zero-order chi connectivity index (χ0) is 15.5. The molecular weight excluding hydrogens is 304 g/mol. The van der Waals surface area contributed by atoms with E-state index < -0.39 is 0 Å². The molecule has 1 atom stereocenters. The molecule has 0 saturated carbocycles. The van der Waals surface area contributed by atoms with Crippen molar-refractivity contribution in [2.24, 2.45) is 0 Å². The van der Waals surface area contributed by atoms with Gasteiger partial charge in [0, 0.05) is 12.0 Å². The molecule has 2 aromatic rings. The largest absolute Gasteiger partial charge is 0.463 e. The topological polar surface area (TPSA) is 78.3 Å². The minimum Gasteiger partial charge on any atom is -0.463 e. The summed E-state index contributed by atoms with van der Waals surface area (Å²) in [6.45, 7) is 2.36. The number of rotatable bonds is 5. The van der Waals surface area contributed by atoms with Crippen LogP contribution in [0.2, 0.25) is 0 Å². The van der Waals surface area contributed by atoms with Crippen LogP contribution in [-0.4, -0.2) is 41.1 Å². The van der Waals surface area contributed by atoms with Gasteiger partial charge in [-0.1, -0.05) is 6.07 Å². The molecule has 2 aromatic heterocycles. The van der Waals surface area contributed by atoms with E-state index in [0.717, 1.165) is 4.88 Å². The van der Waals surface area contributed by atoms with Crippen molar-refractivity contribution >= 4 is 23.3 Å². The van der Waals surface area contributed by atoms with Crippen molar-refractivity contribution in [1.29, 1.82) is 0 Å². The summed E-state index contributed by atoms with van der Waals surface area (Å²) in [5, 5.41) is 9.32. The fourth-order valence-corrected chi connectivity index (χ4v) is 3.25. The Hall–Kier alpha value is -2.19. The Kier molecular flexibility index (Phi) is 4.21. The van der Waals surface area contributed by atoms with Crippen LogP contribution in [0.4, 0.5) is 5.95 Å². The van der Waals surface area contributed by atoms with Crippen LogP contribution in [0.25, 0.3) is 0 Å². The first kappa shape index (κ1) is 14.7. The number of esters is 1. The third-order valence-corrected chi connectivity index (χ3v) is 4.20. The number of hydrogen-bond acceptors (Lipinski definition) is 7. The van der Waals surface area contributed by atoms with Crippen molar-refractivity contribution in [3.8, 4) is 0 Å². The van der Waals surface area contributed by atoms with Gasteiger partial charge in [-0.3, -0.25) is 0 Å². The Morgan fingerprint density at radius 2 is 2.41 bits per heavy atom. The monoisotopic (exact) mass is 320 g/mol. The first-order valence-corrected chi connectivity index (χ1v) is 7.73. The maximum Gasteiger partial charge on any atom is 0.338 e. The smallest absolute Gasteiger partial charge is 0.338 e. The number of carbonyl (C=O) groups is 1. The maximum atomic E-state index is 12.5. The Balaban J connectivity index is 2.13. The number of fused-ring (bicyclic) bond motifs is 1. The van der Waals surface area contributed by atoms with Gasteiger partial charge in [0.05, 0.1) is 24.5 Å². The average molecular weight is 320 g/mol. The Morgan fingerprint density at radius 3 is 3.09 bits per heavy atom. The molecule has 0 radical (unpaired) electrons. The third kappa shape index (κ3) is 2.51. The SMILES string of the molecule is CCOC(=O)C1=C(COC)Nc2ncnn2[C@@H]1c1cccs1. The lowest BCUT2D eigenvalue weighted by Crippen LogP contribution is -2.31. The van der Waals surface area contributed by atoms with E-state index in [4.69, 9.17) is 9.47 Å². The summed E-state index contributed by atoms with van der Waals surface area (Å²) in [4.78, 5) is 17.7. The molecule has 116 valence electrons. The molecule has 0 amide bonds. The molecular formula is C14H16N4O3S. The van der Waals surface area contributed by atoms with Crippen LogP contribution in [0.15, 0.2) is 35.1 Å². The number of nitrogens with one attached hydrogen (secondary N) is 1. The normalized spacial score (nSPS) is 17.1. The number of carbonyl (C=O) groups excluding carboxylic acids is 1. The Morgan fingerprint density at radius 1 is 1.55 bits per heavy atom. The molecule has 7 nitrogen and oxygen atoms in total. The van der Waals surface area contributed by atoms with E-state index in [1.54, 1.807) is 30.1 Å². The summed E-state index contributed by atoms with van der Waals surface area (Å²) in [5.74, 6) is 0.208. The molecule has 1 aliphatic rings. The minimum atomic E-state index is -0.374. The second kappa shape index (κ2) is 6.29. The highest BCUT2D eigenvalue weighted by Gasteiger charge is 2.36. The summed E-state index contributed by atoms with van der Waals surface area (Å²) in [7, 11) is 1.58. The quantitative estimate of drug-likeness (QED) is 0.847. The van der Waals surface area contributed by atoms with Gasteiger partial charge in [0.1, 0.15) is 12.4 Å². The lowest BCUT2D eigenvalue weighted by molar-refractivity contribution is -0.139. The second-order valence-electron chi connectivity index (χ2n) is 4.62. The van der Waals surface area contributed by atoms with Gasteiger partial charge in [-0.2, -0.15) is 10.1 Å². The molecule has 1 N–H and O–H groups in total. The highest BCUT2D eigenvalue weighted by Crippen LogP contribution is 2.37. The minimum absolute atomic E-state index is 0.267. The van der Waals surface area contributed by atoms with Gasteiger partial charge in [-0.25, -0.2) is 9.48 Å². The first-order chi connectivity index (χ1) is 10.8. The second-order valence-corrected chi connectivity index (χ2v) is 5.60. The predicted molar refractivity (Wildman–Crippen MR) is 81.6 cm³/mol. The summed E-state index contributed by atoms with van der Waals surface area (Å²) >= 11 is 1.56. The standard InChI is InChI=1S/C14H16N4O3S/c1-3-21-13(19)11-9(7-20-2)17-14-15-8-16-18(14)12(11)10-5-4-6-22-10/h4-6,8,12H,3,7H2,1-2H3,(H,15,16,17)/t12-/m1/s1. The Bertz CT molecular complexity index is 693. The van der Waals surface area contributed by atoms with Crippen molar-refractivity contribution in [2.45, 2.75) is 13.0 Å². The first-order valence-electron chi connectivity index (χ1n) is 6.85. The van der Waals surface area contributed by atoms with Gasteiger partial charge in [0.25, 0.3) is 0 Å². The molecule has 0 spiro atoms. The van der Waals surface area contributed by atoms with Gasteiger partial charge >= 0.3 is 5.97 Å². The number of hydrogen-bond donors (Lipinski definition) is 1. The van der Waals surface area contributed by atoms with E-state index in [1.165, 1.54) is 6.33 Å². The van der Waals surface area contributed by atoms with Crippen LogP contribution in [-0.2, 0) is 14.3 Å². The molecule has 0 unspecified atom stereocenters. The van der Waals surface area contributed by atoms with Gasteiger partial charge in [0.2, 0.25) is 5.95 Å². The molecule has 0 aromatic carbocycles. The van der Waals surface area contributed by atoms with Gasteiger partial charge in [-0.15, -0.1) is 11.3 Å². The van der Waals surface area contributed by atoms with Crippen molar-refractivity contribution < 1.29 is 14.3 Å². The van der Waals surface area contributed by atoms with Crippen molar-refractivity contribution in [3.63, 3.8) is 0 Å². The zero-order valence-electron chi connectivity index (χ0n) is 12.3. The van der Waals surface area contributed by atoms with Crippen molar-refractivity contribution in [1.82, 2.24) is 14.8 Å². The number of ether oxygens (including phenoxy) is 2. The summed E-state index contributed by atoms with van der Waals surface area (Å²) in [6.07, 6.45) is 1.46. The van der Waals surface area contributed by atoms with E-state index >= 15 is 0 Å². The molecule has 0 aliphatic carbocycles. The van der Waals surface area contributed by atoms with E-state index in [0.29, 0.717) is 23.8 Å². The van der Waals surface area contributed by atoms with E-state index in [9.17, 15) is 4.79 Å². The summed E-state index contributed by atoms with van der Waals surface area (Å²) in [6, 6.07) is 3.55. The number of nitrogens with zero attached hydrogens (tertiary/aromatic N) is 3. The molecule has 0 bridgehead atoms. The van der Waals surface area contributed by atoms with Crippen LogP contribution < -0.4 is 5.32 Å². The van der Waals surface area contributed by atoms with Crippen LogP contribution in [0.1, 0.15) is 17.8 Å².